The lowest BCUT2D eigenvalue weighted by atomic mass is 10.1. The van der Waals surface area contributed by atoms with Crippen LogP contribution in [-0.4, -0.2) is 38.7 Å². The number of hydrogen-bond donors (Lipinski definition) is 2. The number of aryl methyl sites for hydroxylation is 3. The van der Waals surface area contributed by atoms with Crippen molar-refractivity contribution >= 4 is 16.0 Å². The summed E-state index contributed by atoms with van der Waals surface area (Å²) in [6.45, 7) is 5.87. The highest BCUT2D eigenvalue weighted by Crippen LogP contribution is 2.21. The van der Waals surface area contributed by atoms with E-state index in [-0.39, 0.29) is 11.5 Å². The fourth-order valence-corrected chi connectivity index (χ4v) is 3.88. The Morgan fingerprint density at radius 2 is 1.81 bits per heavy atom. The number of rotatable bonds is 6. The highest BCUT2D eigenvalue weighted by atomic mass is 32.2. The van der Waals surface area contributed by atoms with E-state index in [1.807, 2.05) is 6.92 Å². The first-order chi connectivity index (χ1) is 9.67. The topological polar surface area (TPSA) is 92.7 Å². The van der Waals surface area contributed by atoms with Crippen LogP contribution in [0.25, 0.3) is 0 Å². The minimum absolute atomic E-state index is 0.189. The summed E-state index contributed by atoms with van der Waals surface area (Å²) < 4.78 is 32.0. The number of esters is 1. The maximum absolute atomic E-state index is 12.4. The molecule has 0 saturated heterocycles. The molecule has 0 aromatic heterocycles. The van der Waals surface area contributed by atoms with Crippen LogP contribution in [0.2, 0.25) is 0 Å². The first kappa shape index (κ1) is 17.6. The molecule has 0 amide bonds. The quantitative estimate of drug-likeness (QED) is 0.758. The number of hydrogen-bond acceptors (Lipinski definition) is 5. The van der Waals surface area contributed by atoms with Crippen molar-refractivity contribution in [2.45, 2.75) is 38.6 Å². The van der Waals surface area contributed by atoms with Gasteiger partial charge in [0.15, 0.2) is 0 Å². The number of aliphatic hydroxyl groups is 1. The van der Waals surface area contributed by atoms with Gasteiger partial charge in [0.25, 0.3) is 0 Å². The van der Waals surface area contributed by atoms with Crippen molar-refractivity contribution in [3.63, 3.8) is 0 Å². The minimum atomic E-state index is -3.80. The predicted molar refractivity (Wildman–Crippen MR) is 78.5 cm³/mol. The molecule has 0 fully saturated rings. The van der Waals surface area contributed by atoms with E-state index in [9.17, 15) is 18.3 Å². The molecule has 7 heteroatoms. The second-order valence-electron chi connectivity index (χ2n) is 5.03. The molecule has 0 bridgehead atoms. The zero-order valence-corrected chi connectivity index (χ0v) is 13.5. The van der Waals surface area contributed by atoms with E-state index in [0.29, 0.717) is 11.1 Å². The van der Waals surface area contributed by atoms with Crippen molar-refractivity contribution in [3.8, 4) is 0 Å². The zero-order chi connectivity index (χ0) is 16.2. The number of sulfonamides is 1. The van der Waals surface area contributed by atoms with Gasteiger partial charge in [-0.3, -0.25) is 4.79 Å². The van der Waals surface area contributed by atoms with E-state index in [2.05, 4.69) is 4.72 Å². The summed E-state index contributed by atoms with van der Waals surface area (Å²) in [6, 6.07) is 2.68. The maximum Gasteiger partial charge on any atom is 0.302 e. The van der Waals surface area contributed by atoms with Crippen LogP contribution in [0.5, 0.6) is 0 Å². The molecule has 1 rings (SSSR count). The number of benzene rings is 1. The van der Waals surface area contributed by atoms with Crippen molar-refractivity contribution in [2.24, 2.45) is 0 Å². The highest BCUT2D eigenvalue weighted by Gasteiger charge is 2.24. The van der Waals surface area contributed by atoms with Gasteiger partial charge in [0.1, 0.15) is 6.61 Å². The molecule has 6 nitrogen and oxygen atoms in total. The van der Waals surface area contributed by atoms with Crippen LogP contribution in [0.3, 0.4) is 0 Å². The van der Waals surface area contributed by atoms with Gasteiger partial charge in [-0.05, 0) is 31.9 Å². The Kier molecular flexibility index (Phi) is 5.88. The first-order valence-electron chi connectivity index (χ1n) is 6.51. The first-order valence-corrected chi connectivity index (χ1v) is 8.00. The fraction of sp³-hybridized carbons (Fsp3) is 0.500. The van der Waals surface area contributed by atoms with Crippen LogP contribution in [-0.2, 0) is 19.6 Å². The molecule has 0 saturated carbocycles. The van der Waals surface area contributed by atoms with Crippen molar-refractivity contribution in [1.29, 1.82) is 0 Å². The predicted octanol–water partition coefficient (Wildman–Crippen LogP) is 0.814. The van der Waals surface area contributed by atoms with E-state index < -0.39 is 28.6 Å². The van der Waals surface area contributed by atoms with Crippen molar-refractivity contribution in [1.82, 2.24) is 4.72 Å². The molecule has 0 heterocycles. The zero-order valence-electron chi connectivity index (χ0n) is 12.6. The molecule has 0 unspecified atom stereocenters. The van der Waals surface area contributed by atoms with Gasteiger partial charge in [0.05, 0.1) is 17.5 Å². The molecule has 0 spiro atoms. The Hall–Kier alpha value is -1.44. The molecule has 0 aliphatic rings. The number of carbonyl (C=O) groups excluding carboxylic acids is 1. The molecule has 2 N–H and O–H groups in total. The average Bonchev–Trinajstić information content (AvgIpc) is 2.32. The van der Waals surface area contributed by atoms with Crippen LogP contribution in [0.4, 0.5) is 0 Å². The molecule has 1 aromatic carbocycles. The minimum Gasteiger partial charge on any atom is -0.464 e. The van der Waals surface area contributed by atoms with E-state index >= 15 is 0 Å². The Morgan fingerprint density at radius 1 is 1.29 bits per heavy atom. The molecule has 0 radical (unpaired) electrons. The third-order valence-electron chi connectivity index (χ3n) is 2.90. The molecule has 1 atom stereocenters. The average molecular weight is 315 g/mol. The Labute approximate surface area is 125 Å². The molecule has 0 aliphatic carbocycles. The summed E-state index contributed by atoms with van der Waals surface area (Å²) in [4.78, 5) is 11.0. The summed E-state index contributed by atoms with van der Waals surface area (Å²) in [5, 5.41) is 9.21. The van der Waals surface area contributed by atoms with Crippen LogP contribution < -0.4 is 4.72 Å². The summed E-state index contributed by atoms with van der Waals surface area (Å²) in [5.41, 5.74) is 2.23. The normalized spacial score (nSPS) is 13.0. The number of aliphatic hydroxyl groups excluding tert-OH is 1. The Balaban J connectivity index is 3.03. The van der Waals surface area contributed by atoms with E-state index in [0.717, 1.165) is 5.56 Å². The molecular weight excluding hydrogens is 294 g/mol. The third kappa shape index (κ3) is 4.80. The molecule has 1 aromatic rings. The lowest BCUT2D eigenvalue weighted by Crippen LogP contribution is -2.41. The van der Waals surface area contributed by atoms with Gasteiger partial charge in [0, 0.05) is 6.92 Å². The molecule has 21 heavy (non-hydrogen) atoms. The van der Waals surface area contributed by atoms with E-state index in [1.54, 1.807) is 26.0 Å². The van der Waals surface area contributed by atoms with Crippen molar-refractivity contribution in [2.75, 3.05) is 13.2 Å². The maximum atomic E-state index is 12.4. The SMILES string of the molecule is CC(=O)OC[C@H](CO)NS(=O)(=O)c1c(C)cc(C)cc1C. The number of ether oxygens (including phenoxy) is 1. The second kappa shape index (κ2) is 7.02. The number of nitrogens with one attached hydrogen (secondary N) is 1. The lowest BCUT2D eigenvalue weighted by molar-refractivity contribution is -0.141. The van der Waals surface area contributed by atoms with Gasteiger partial charge in [-0.2, -0.15) is 0 Å². The monoisotopic (exact) mass is 315 g/mol. The third-order valence-corrected chi connectivity index (χ3v) is 4.73. The Bertz CT molecular complexity index is 601. The van der Waals surface area contributed by atoms with Crippen LogP contribution in [0.1, 0.15) is 23.6 Å². The molecular formula is C14H21NO5S. The summed E-state index contributed by atoms with van der Waals surface area (Å²) in [7, 11) is -3.80. The van der Waals surface area contributed by atoms with Crippen LogP contribution in [0.15, 0.2) is 17.0 Å². The van der Waals surface area contributed by atoms with Crippen molar-refractivity contribution < 1.29 is 23.1 Å². The standard InChI is InChI=1S/C14H21NO5S/c1-9-5-10(2)14(11(3)6-9)21(18,19)15-13(7-16)8-20-12(4)17/h5-6,13,15-16H,7-8H2,1-4H3/t13-/m0/s1. The van der Waals surface area contributed by atoms with E-state index in [4.69, 9.17) is 4.74 Å². The van der Waals surface area contributed by atoms with Gasteiger partial charge in [-0.25, -0.2) is 13.1 Å². The van der Waals surface area contributed by atoms with Crippen LogP contribution >= 0.6 is 0 Å². The lowest BCUT2D eigenvalue weighted by Gasteiger charge is -2.18. The van der Waals surface area contributed by atoms with Crippen molar-refractivity contribution in [3.05, 3.63) is 28.8 Å². The summed E-state index contributed by atoms with van der Waals surface area (Å²) >= 11 is 0. The van der Waals surface area contributed by atoms with Crippen LogP contribution in [0, 0.1) is 20.8 Å². The van der Waals surface area contributed by atoms with Gasteiger partial charge in [0.2, 0.25) is 10.0 Å². The van der Waals surface area contributed by atoms with Gasteiger partial charge < -0.3 is 9.84 Å². The fourth-order valence-electron chi connectivity index (χ4n) is 2.21. The number of carbonyl (C=O) groups is 1. The molecule has 118 valence electrons. The highest BCUT2D eigenvalue weighted by molar-refractivity contribution is 7.89. The Morgan fingerprint density at radius 3 is 2.24 bits per heavy atom. The second-order valence-corrected chi connectivity index (χ2v) is 6.68. The largest absolute Gasteiger partial charge is 0.464 e. The molecule has 0 aliphatic heterocycles. The van der Waals surface area contributed by atoms with E-state index in [1.165, 1.54) is 6.92 Å². The summed E-state index contributed by atoms with van der Waals surface area (Å²) in [5.74, 6) is -0.532. The smallest absolute Gasteiger partial charge is 0.302 e. The van der Waals surface area contributed by atoms with Gasteiger partial charge >= 0.3 is 5.97 Å². The van der Waals surface area contributed by atoms with Gasteiger partial charge in [-0.1, -0.05) is 17.7 Å². The van der Waals surface area contributed by atoms with Gasteiger partial charge in [-0.15, -0.1) is 0 Å². The summed E-state index contributed by atoms with van der Waals surface area (Å²) in [6.07, 6.45) is 0.